The first kappa shape index (κ1) is 15.2. The van der Waals surface area contributed by atoms with Crippen LogP contribution in [-0.4, -0.2) is 23.0 Å². The molecule has 2 aromatic carbocycles. The first-order valence-corrected chi connectivity index (χ1v) is 7.40. The number of benzene rings is 2. The summed E-state index contributed by atoms with van der Waals surface area (Å²) >= 11 is 0. The standard InChI is InChI=1S/C18H16FNO3/c1-10-15(11-2-4-12(5-3-11)18(22)23)8-13(9-16(10)19)17(21)20-14-6-7-14/h2-5,8-9,14H,6-7H2,1H3,(H,20,21)(H,22,23). The van der Waals surface area contributed by atoms with E-state index in [2.05, 4.69) is 5.32 Å². The summed E-state index contributed by atoms with van der Waals surface area (Å²) in [6.07, 6.45) is 1.92. The van der Waals surface area contributed by atoms with Crippen LogP contribution in [-0.2, 0) is 0 Å². The van der Waals surface area contributed by atoms with Crippen LogP contribution in [0.15, 0.2) is 36.4 Å². The first-order chi connectivity index (χ1) is 11.0. The zero-order valence-electron chi connectivity index (χ0n) is 12.6. The molecule has 0 atom stereocenters. The largest absolute Gasteiger partial charge is 0.478 e. The third-order valence-electron chi connectivity index (χ3n) is 3.96. The molecule has 1 aliphatic carbocycles. The zero-order chi connectivity index (χ0) is 16.6. The lowest BCUT2D eigenvalue weighted by Crippen LogP contribution is -2.25. The van der Waals surface area contributed by atoms with Crippen molar-refractivity contribution in [2.24, 2.45) is 0 Å². The van der Waals surface area contributed by atoms with Crippen LogP contribution in [0, 0.1) is 12.7 Å². The number of carbonyl (C=O) groups excluding carboxylic acids is 1. The summed E-state index contributed by atoms with van der Waals surface area (Å²) in [5.41, 5.74) is 2.12. The Kier molecular flexibility index (Phi) is 3.86. The minimum Gasteiger partial charge on any atom is -0.478 e. The van der Waals surface area contributed by atoms with Crippen molar-refractivity contribution in [1.29, 1.82) is 0 Å². The predicted octanol–water partition coefficient (Wildman–Crippen LogP) is 3.39. The Morgan fingerprint density at radius 1 is 1.13 bits per heavy atom. The molecule has 0 bridgehead atoms. The van der Waals surface area contributed by atoms with Crippen LogP contribution in [0.3, 0.4) is 0 Å². The average molecular weight is 313 g/mol. The highest BCUT2D eigenvalue weighted by Crippen LogP contribution is 2.28. The number of amides is 1. The van der Waals surface area contributed by atoms with Gasteiger partial charge in [-0.1, -0.05) is 12.1 Å². The van der Waals surface area contributed by atoms with E-state index in [0.717, 1.165) is 12.8 Å². The number of aromatic carboxylic acids is 1. The Bertz CT molecular complexity index is 780. The van der Waals surface area contributed by atoms with Crippen LogP contribution >= 0.6 is 0 Å². The highest BCUT2D eigenvalue weighted by atomic mass is 19.1. The molecule has 0 unspecified atom stereocenters. The van der Waals surface area contributed by atoms with Crippen molar-refractivity contribution in [1.82, 2.24) is 5.32 Å². The molecule has 118 valence electrons. The number of hydrogen-bond donors (Lipinski definition) is 2. The lowest BCUT2D eigenvalue weighted by molar-refractivity contribution is 0.0696. The molecule has 0 radical (unpaired) electrons. The van der Waals surface area contributed by atoms with Crippen LogP contribution in [0.1, 0.15) is 39.1 Å². The monoisotopic (exact) mass is 313 g/mol. The van der Waals surface area contributed by atoms with Crippen molar-refractivity contribution in [3.8, 4) is 11.1 Å². The number of carboxylic acid groups (broad SMARTS) is 1. The normalized spacial score (nSPS) is 13.7. The number of rotatable bonds is 4. The van der Waals surface area contributed by atoms with E-state index in [9.17, 15) is 14.0 Å². The molecule has 2 aromatic rings. The molecule has 3 rings (SSSR count). The molecule has 1 amide bonds. The topological polar surface area (TPSA) is 66.4 Å². The van der Waals surface area contributed by atoms with Crippen molar-refractivity contribution in [3.05, 3.63) is 58.9 Å². The summed E-state index contributed by atoms with van der Waals surface area (Å²) < 4.78 is 14.2. The smallest absolute Gasteiger partial charge is 0.335 e. The van der Waals surface area contributed by atoms with E-state index in [4.69, 9.17) is 5.11 Å². The van der Waals surface area contributed by atoms with Gasteiger partial charge in [0.05, 0.1) is 5.56 Å². The van der Waals surface area contributed by atoms with Gasteiger partial charge in [-0.05, 0) is 60.7 Å². The minimum atomic E-state index is -1.02. The summed E-state index contributed by atoms with van der Waals surface area (Å²) in [7, 11) is 0. The molecule has 1 fully saturated rings. The van der Waals surface area contributed by atoms with E-state index in [1.165, 1.54) is 18.2 Å². The maximum absolute atomic E-state index is 14.2. The predicted molar refractivity (Wildman–Crippen MR) is 84.0 cm³/mol. The molecule has 1 saturated carbocycles. The van der Waals surface area contributed by atoms with Gasteiger partial charge < -0.3 is 10.4 Å². The summed E-state index contributed by atoms with van der Waals surface area (Å²) in [4.78, 5) is 23.0. The maximum atomic E-state index is 14.2. The van der Waals surface area contributed by atoms with E-state index >= 15 is 0 Å². The molecule has 23 heavy (non-hydrogen) atoms. The molecular weight excluding hydrogens is 297 g/mol. The molecule has 0 saturated heterocycles. The molecular formula is C18H16FNO3. The third-order valence-corrected chi connectivity index (χ3v) is 3.96. The Hall–Kier alpha value is -2.69. The first-order valence-electron chi connectivity index (χ1n) is 7.40. The maximum Gasteiger partial charge on any atom is 0.335 e. The van der Waals surface area contributed by atoms with Gasteiger partial charge in [-0.3, -0.25) is 4.79 Å². The number of nitrogens with one attached hydrogen (secondary N) is 1. The Balaban J connectivity index is 1.98. The van der Waals surface area contributed by atoms with Gasteiger partial charge in [0.25, 0.3) is 5.91 Å². The fourth-order valence-electron chi connectivity index (χ4n) is 2.40. The lowest BCUT2D eigenvalue weighted by Gasteiger charge is -2.11. The van der Waals surface area contributed by atoms with Crippen molar-refractivity contribution in [2.45, 2.75) is 25.8 Å². The van der Waals surface area contributed by atoms with Gasteiger partial charge in [-0.2, -0.15) is 0 Å². The van der Waals surface area contributed by atoms with Crippen molar-refractivity contribution in [2.75, 3.05) is 0 Å². The molecule has 1 aliphatic rings. The third kappa shape index (κ3) is 3.23. The van der Waals surface area contributed by atoms with Crippen molar-refractivity contribution in [3.63, 3.8) is 0 Å². The number of halogens is 1. The van der Waals surface area contributed by atoms with E-state index in [1.54, 1.807) is 25.1 Å². The molecule has 0 aromatic heterocycles. The van der Waals surface area contributed by atoms with E-state index in [-0.39, 0.29) is 23.1 Å². The van der Waals surface area contributed by atoms with Crippen molar-refractivity contribution < 1.29 is 19.1 Å². The van der Waals surface area contributed by atoms with Crippen LogP contribution in [0.25, 0.3) is 11.1 Å². The van der Waals surface area contributed by atoms with Gasteiger partial charge in [0.1, 0.15) is 5.82 Å². The number of carbonyl (C=O) groups is 2. The summed E-state index contributed by atoms with van der Waals surface area (Å²) in [5, 5.41) is 11.8. The Morgan fingerprint density at radius 2 is 1.78 bits per heavy atom. The van der Waals surface area contributed by atoms with Gasteiger partial charge >= 0.3 is 5.97 Å². The minimum absolute atomic E-state index is 0.162. The van der Waals surface area contributed by atoms with Gasteiger partial charge in [-0.15, -0.1) is 0 Å². The number of carboxylic acids is 1. The molecule has 5 heteroatoms. The van der Waals surface area contributed by atoms with Gasteiger partial charge in [0.15, 0.2) is 0 Å². The second-order valence-electron chi connectivity index (χ2n) is 5.76. The fourth-order valence-corrected chi connectivity index (χ4v) is 2.40. The molecule has 0 aliphatic heterocycles. The SMILES string of the molecule is Cc1c(F)cc(C(=O)NC2CC2)cc1-c1ccc(C(=O)O)cc1. The lowest BCUT2D eigenvalue weighted by atomic mass is 9.96. The zero-order valence-corrected chi connectivity index (χ0v) is 12.6. The highest BCUT2D eigenvalue weighted by molar-refractivity contribution is 5.96. The molecule has 4 nitrogen and oxygen atoms in total. The van der Waals surface area contributed by atoms with E-state index < -0.39 is 11.8 Å². The van der Waals surface area contributed by atoms with Gasteiger partial charge in [-0.25, -0.2) is 9.18 Å². The van der Waals surface area contributed by atoms with Gasteiger partial charge in [0.2, 0.25) is 0 Å². The van der Waals surface area contributed by atoms with Gasteiger partial charge in [0, 0.05) is 11.6 Å². The quantitative estimate of drug-likeness (QED) is 0.909. The second kappa shape index (κ2) is 5.83. The summed E-state index contributed by atoms with van der Waals surface area (Å²) in [6, 6.07) is 9.25. The number of hydrogen-bond acceptors (Lipinski definition) is 2. The highest BCUT2D eigenvalue weighted by Gasteiger charge is 2.24. The Morgan fingerprint density at radius 3 is 2.35 bits per heavy atom. The second-order valence-corrected chi connectivity index (χ2v) is 5.76. The fraction of sp³-hybridized carbons (Fsp3) is 0.222. The van der Waals surface area contributed by atoms with Crippen LogP contribution in [0.5, 0.6) is 0 Å². The summed E-state index contributed by atoms with van der Waals surface area (Å²) in [5.74, 6) is -1.75. The van der Waals surface area contributed by atoms with Crippen LogP contribution in [0.2, 0.25) is 0 Å². The average Bonchev–Trinajstić information content (AvgIpc) is 3.34. The molecule has 2 N–H and O–H groups in total. The van der Waals surface area contributed by atoms with Crippen molar-refractivity contribution >= 4 is 11.9 Å². The molecule has 0 spiro atoms. The van der Waals surface area contributed by atoms with Crippen LogP contribution in [0.4, 0.5) is 4.39 Å². The Labute approximate surface area is 133 Å². The van der Waals surface area contributed by atoms with E-state index in [0.29, 0.717) is 16.7 Å². The molecule has 0 heterocycles. The van der Waals surface area contributed by atoms with Crippen LogP contribution < -0.4 is 5.32 Å². The summed E-state index contributed by atoms with van der Waals surface area (Å²) in [6.45, 7) is 1.64. The van der Waals surface area contributed by atoms with E-state index in [1.807, 2.05) is 0 Å².